The van der Waals surface area contributed by atoms with Gasteiger partial charge < -0.3 is 4.74 Å². The topological polar surface area (TPSA) is 26.3 Å². The smallest absolute Gasteiger partial charge is 0.154 e. The van der Waals surface area contributed by atoms with E-state index >= 15 is 0 Å². The number of hydrogen-bond acceptors (Lipinski definition) is 3. The van der Waals surface area contributed by atoms with Crippen molar-refractivity contribution in [2.24, 2.45) is 0 Å². The molecular weight excluding hydrogens is 311 g/mol. The minimum absolute atomic E-state index is 0.369. The van der Waals surface area contributed by atoms with E-state index in [4.69, 9.17) is 4.74 Å². The first-order chi connectivity index (χ1) is 10.8. The van der Waals surface area contributed by atoms with Gasteiger partial charge in [0.1, 0.15) is 17.2 Å². The van der Waals surface area contributed by atoms with Crippen molar-refractivity contribution in [3.05, 3.63) is 47.8 Å². The summed E-state index contributed by atoms with van der Waals surface area (Å²) in [5.41, 5.74) is -0.112. The zero-order valence-corrected chi connectivity index (χ0v) is 14.1. The Hall–Kier alpha value is -2.07. The number of carbonyl (C=O) groups excluding carboxylic acids is 1. The Morgan fingerprint density at radius 3 is 2.35 bits per heavy atom. The highest BCUT2D eigenvalue weighted by molar-refractivity contribution is 7.80. The SMILES string of the molecule is CC(C)(C)Oc1c(C=O)c2cc(F)ccc2c2cc(S)ccc12. The average molecular weight is 328 g/mol. The van der Waals surface area contributed by atoms with E-state index in [-0.39, 0.29) is 5.82 Å². The van der Waals surface area contributed by atoms with Gasteiger partial charge in [-0.15, -0.1) is 12.6 Å². The Labute approximate surface area is 139 Å². The first-order valence-electron chi connectivity index (χ1n) is 7.32. The van der Waals surface area contributed by atoms with E-state index in [2.05, 4.69) is 12.6 Å². The molecule has 0 N–H and O–H groups in total. The van der Waals surface area contributed by atoms with E-state index < -0.39 is 5.60 Å². The van der Waals surface area contributed by atoms with E-state index in [9.17, 15) is 9.18 Å². The van der Waals surface area contributed by atoms with Crippen LogP contribution in [0.15, 0.2) is 41.3 Å². The molecule has 3 rings (SSSR count). The van der Waals surface area contributed by atoms with Gasteiger partial charge in [0, 0.05) is 10.3 Å². The first-order valence-corrected chi connectivity index (χ1v) is 7.77. The fourth-order valence-electron chi connectivity index (χ4n) is 2.73. The van der Waals surface area contributed by atoms with Crippen LogP contribution in [-0.2, 0) is 0 Å². The number of fused-ring (bicyclic) bond motifs is 3. The van der Waals surface area contributed by atoms with Gasteiger partial charge in [-0.05, 0) is 67.3 Å². The summed E-state index contributed by atoms with van der Waals surface area (Å²) in [6.07, 6.45) is 0.733. The number of thiol groups is 1. The molecule has 3 aromatic carbocycles. The van der Waals surface area contributed by atoms with Gasteiger partial charge >= 0.3 is 0 Å². The third kappa shape index (κ3) is 2.91. The number of ether oxygens (including phenoxy) is 1. The molecule has 0 heterocycles. The molecule has 0 saturated heterocycles. The molecule has 2 nitrogen and oxygen atoms in total. The van der Waals surface area contributed by atoms with Crippen molar-refractivity contribution in [3.8, 4) is 5.75 Å². The van der Waals surface area contributed by atoms with E-state index in [1.807, 2.05) is 39.0 Å². The van der Waals surface area contributed by atoms with Crippen LogP contribution >= 0.6 is 12.6 Å². The largest absolute Gasteiger partial charge is 0.487 e. The normalized spacial score (nSPS) is 11.9. The van der Waals surface area contributed by atoms with E-state index in [0.717, 1.165) is 27.3 Å². The third-order valence-electron chi connectivity index (χ3n) is 3.58. The van der Waals surface area contributed by atoms with E-state index in [1.165, 1.54) is 12.1 Å². The Morgan fingerprint density at radius 2 is 1.70 bits per heavy atom. The standard InChI is InChI=1S/C19H17FO2S/c1-19(2,3)22-18-14-7-5-12(23)9-16(14)13-6-4-11(20)8-15(13)17(18)10-21/h4-10,23H,1-3H3. The van der Waals surface area contributed by atoms with Crippen molar-refractivity contribution >= 4 is 40.5 Å². The van der Waals surface area contributed by atoms with Crippen molar-refractivity contribution < 1.29 is 13.9 Å². The lowest BCUT2D eigenvalue weighted by Crippen LogP contribution is -2.24. The van der Waals surface area contributed by atoms with E-state index in [1.54, 1.807) is 6.07 Å². The van der Waals surface area contributed by atoms with Crippen LogP contribution in [0.1, 0.15) is 31.1 Å². The molecule has 0 amide bonds. The quantitative estimate of drug-likeness (QED) is 0.387. The number of hydrogen-bond donors (Lipinski definition) is 1. The number of rotatable bonds is 2. The highest BCUT2D eigenvalue weighted by atomic mass is 32.1. The summed E-state index contributed by atoms with van der Waals surface area (Å²) in [4.78, 5) is 12.5. The Bertz CT molecular complexity index is 926. The maximum Gasteiger partial charge on any atom is 0.154 e. The lowest BCUT2D eigenvalue weighted by molar-refractivity contribution is 0.110. The molecular formula is C19H17FO2S. The number of benzene rings is 3. The Morgan fingerprint density at radius 1 is 1.00 bits per heavy atom. The highest BCUT2D eigenvalue weighted by Crippen LogP contribution is 2.39. The molecule has 0 aromatic heterocycles. The fraction of sp³-hybridized carbons (Fsp3) is 0.211. The van der Waals surface area contributed by atoms with Gasteiger partial charge in [-0.3, -0.25) is 4.79 Å². The minimum atomic E-state index is -0.481. The zero-order valence-electron chi connectivity index (χ0n) is 13.2. The molecule has 0 radical (unpaired) electrons. The lowest BCUT2D eigenvalue weighted by Gasteiger charge is -2.24. The molecule has 0 unspecified atom stereocenters. The van der Waals surface area contributed by atoms with E-state index in [0.29, 0.717) is 16.7 Å². The Balaban J connectivity index is 2.53. The van der Waals surface area contributed by atoms with Crippen LogP contribution in [0.3, 0.4) is 0 Å². The molecule has 3 aromatic rings. The summed E-state index contributed by atoms with van der Waals surface area (Å²) in [5.74, 6) is 0.0950. The van der Waals surface area contributed by atoms with Crippen LogP contribution in [0, 0.1) is 5.82 Å². The summed E-state index contributed by atoms with van der Waals surface area (Å²) in [5, 5.41) is 3.06. The van der Waals surface area contributed by atoms with Crippen LogP contribution in [0.2, 0.25) is 0 Å². The van der Waals surface area contributed by atoms with Crippen molar-refractivity contribution in [1.29, 1.82) is 0 Å². The van der Waals surface area contributed by atoms with Crippen molar-refractivity contribution in [2.45, 2.75) is 31.3 Å². The van der Waals surface area contributed by atoms with Gasteiger partial charge in [0.25, 0.3) is 0 Å². The number of aldehydes is 1. The Kier molecular flexibility index (Phi) is 3.80. The molecule has 0 atom stereocenters. The average Bonchev–Trinajstić information content (AvgIpc) is 2.45. The second kappa shape index (κ2) is 5.53. The van der Waals surface area contributed by atoms with Gasteiger partial charge in [-0.1, -0.05) is 6.07 Å². The third-order valence-corrected chi connectivity index (χ3v) is 3.86. The van der Waals surface area contributed by atoms with Gasteiger partial charge in [0.05, 0.1) is 5.56 Å². The summed E-state index contributed by atoms with van der Waals surface area (Å²) in [6, 6.07) is 10.1. The minimum Gasteiger partial charge on any atom is -0.487 e. The first kappa shape index (κ1) is 15.8. The van der Waals surface area contributed by atoms with Crippen LogP contribution < -0.4 is 4.74 Å². The molecule has 0 aliphatic carbocycles. The number of carbonyl (C=O) groups is 1. The zero-order chi connectivity index (χ0) is 16.8. The van der Waals surface area contributed by atoms with Crippen LogP contribution in [-0.4, -0.2) is 11.9 Å². The van der Waals surface area contributed by atoms with Crippen LogP contribution in [0.4, 0.5) is 4.39 Å². The van der Waals surface area contributed by atoms with Crippen LogP contribution in [0.25, 0.3) is 21.5 Å². The maximum absolute atomic E-state index is 13.7. The molecule has 0 saturated carbocycles. The molecule has 118 valence electrons. The van der Waals surface area contributed by atoms with Gasteiger partial charge in [0.2, 0.25) is 0 Å². The molecule has 0 bridgehead atoms. The molecule has 4 heteroatoms. The molecule has 0 aliphatic rings. The van der Waals surface area contributed by atoms with Gasteiger partial charge in [-0.2, -0.15) is 0 Å². The summed E-state index contributed by atoms with van der Waals surface area (Å²) < 4.78 is 19.8. The fourth-order valence-corrected chi connectivity index (χ4v) is 2.93. The second-order valence-electron chi connectivity index (χ2n) is 6.49. The molecule has 0 fully saturated rings. The van der Waals surface area contributed by atoms with Crippen LogP contribution in [0.5, 0.6) is 5.75 Å². The highest BCUT2D eigenvalue weighted by Gasteiger charge is 2.21. The summed E-state index contributed by atoms with van der Waals surface area (Å²) >= 11 is 4.39. The maximum atomic E-state index is 13.7. The van der Waals surface area contributed by atoms with Crippen molar-refractivity contribution in [2.75, 3.05) is 0 Å². The van der Waals surface area contributed by atoms with Gasteiger partial charge in [0.15, 0.2) is 6.29 Å². The molecule has 0 spiro atoms. The monoisotopic (exact) mass is 328 g/mol. The predicted octanol–water partition coefficient (Wildman–Crippen LogP) is 5.41. The predicted molar refractivity (Wildman–Crippen MR) is 94.4 cm³/mol. The number of halogens is 1. The van der Waals surface area contributed by atoms with Crippen molar-refractivity contribution in [3.63, 3.8) is 0 Å². The summed E-state index contributed by atoms with van der Waals surface area (Å²) in [7, 11) is 0. The molecule has 23 heavy (non-hydrogen) atoms. The molecule has 0 aliphatic heterocycles. The lowest BCUT2D eigenvalue weighted by atomic mass is 9.96. The van der Waals surface area contributed by atoms with Crippen molar-refractivity contribution in [1.82, 2.24) is 0 Å². The summed E-state index contributed by atoms with van der Waals surface area (Å²) in [6.45, 7) is 5.74. The van der Waals surface area contributed by atoms with Gasteiger partial charge in [-0.25, -0.2) is 4.39 Å². The second-order valence-corrected chi connectivity index (χ2v) is 7.01.